The van der Waals surface area contributed by atoms with Crippen LogP contribution in [0.5, 0.6) is 0 Å². The van der Waals surface area contributed by atoms with E-state index in [9.17, 15) is 13.2 Å². The number of sulfonamides is 1. The summed E-state index contributed by atoms with van der Waals surface area (Å²) in [7, 11) is -3.64. The SMILES string of the molecule is O=c1c2c(nc3cc[nH]n13)CCN(S(=O)(=O)c1ccc3c(c1)CCC3)C2. The largest absolute Gasteiger partial charge is 0.297 e. The minimum absolute atomic E-state index is 0.0581. The third-order valence-corrected chi connectivity index (χ3v) is 7.21. The minimum atomic E-state index is -3.64. The fourth-order valence-electron chi connectivity index (χ4n) is 3.96. The van der Waals surface area contributed by atoms with Gasteiger partial charge >= 0.3 is 0 Å². The van der Waals surface area contributed by atoms with Crippen molar-refractivity contribution in [1.82, 2.24) is 18.9 Å². The Labute approximate surface area is 150 Å². The van der Waals surface area contributed by atoms with Gasteiger partial charge in [0, 0.05) is 31.8 Å². The summed E-state index contributed by atoms with van der Waals surface area (Å²) in [6.07, 6.45) is 5.11. The number of aryl methyl sites for hydroxylation is 2. The van der Waals surface area contributed by atoms with Crippen LogP contribution >= 0.6 is 0 Å². The molecule has 0 radical (unpaired) electrons. The summed E-state index contributed by atoms with van der Waals surface area (Å²) >= 11 is 0. The van der Waals surface area contributed by atoms with Crippen LogP contribution in [-0.2, 0) is 35.8 Å². The van der Waals surface area contributed by atoms with Gasteiger partial charge in [-0.05, 0) is 42.5 Å². The number of benzene rings is 1. The maximum absolute atomic E-state index is 13.1. The number of nitrogens with one attached hydrogen (secondary N) is 1. The molecule has 0 bridgehead atoms. The maximum Gasteiger partial charge on any atom is 0.277 e. The topological polar surface area (TPSA) is 87.5 Å². The lowest BCUT2D eigenvalue weighted by Gasteiger charge is -2.27. The van der Waals surface area contributed by atoms with Crippen molar-refractivity contribution in [2.45, 2.75) is 37.1 Å². The number of rotatable bonds is 2. The Kier molecular flexibility index (Phi) is 3.35. The van der Waals surface area contributed by atoms with E-state index in [-0.39, 0.29) is 12.1 Å². The van der Waals surface area contributed by atoms with E-state index in [1.165, 1.54) is 14.4 Å². The number of H-pyrrole nitrogens is 1. The van der Waals surface area contributed by atoms with Gasteiger partial charge in [0.15, 0.2) is 5.65 Å². The van der Waals surface area contributed by atoms with Crippen LogP contribution in [0.25, 0.3) is 5.65 Å². The molecule has 0 unspecified atom stereocenters. The fraction of sp³-hybridized carbons (Fsp3) is 0.333. The second-order valence-corrected chi connectivity index (χ2v) is 8.81. The molecule has 0 spiro atoms. The number of hydrogen-bond donors (Lipinski definition) is 1. The molecule has 134 valence electrons. The first-order chi connectivity index (χ1) is 12.5. The molecule has 0 amide bonds. The Hall–Kier alpha value is -2.45. The van der Waals surface area contributed by atoms with E-state index in [0.29, 0.717) is 34.8 Å². The summed E-state index contributed by atoms with van der Waals surface area (Å²) in [4.78, 5) is 17.5. The van der Waals surface area contributed by atoms with Gasteiger partial charge in [-0.3, -0.25) is 9.89 Å². The van der Waals surface area contributed by atoms with E-state index in [0.717, 1.165) is 24.8 Å². The van der Waals surface area contributed by atoms with Crippen molar-refractivity contribution in [2.24, 2.45) is 0 Å². The lowest BCUT2D eigenvalue weighted by Crippen LogP contribution is -2.40. The van der Waals surface area contributed by atoms with Gasteiger partial charge < -0.3 is 0 Å². The van der Waals surface area contributed by atoms with Gasteiger partial charge in [0.25, 0.3) is 5.56 Å². The average molecular weight is 370 g/mol. The first-order valence-corrected chi connectivity index (χ1v) is 10.2. The zero-order valence-corrected chi connectivity index (χ0v) is 14.9. The van der Waals surface area contributed by atoms with Crippen LogP contribution in [0, 0.1) is 0 Å². The van der Waals surface area contributed by atoms with Crippen LogP contribution in [0.2, 0.25) is 0 Å². The summed E-state index contributed by atoms with van der Waals surface area (Å²) < 4.78 is 29.0. The Bertz CT molecular complexity index is 1190. The van der Waals surface area contributed by atoms with Crippen molar-refractivity contribution in [2.75, 3.05) is 6.54 Å². The molecule has 7 nitrogen and oxygen atoms in total. The summed E-state index contributed by atoms with van der Waals surface area (Å²) in [5.41, 5.74) is 3.83. The monoisotopic (exact) mass is 370 g/mol. The molecule has 1 aliphatic carbocycles. The molecule has 8 heteroatoms. The maximum atomic E-state index is 13.1. The molecule has 0 saturated carbocycles. The molecule has 2 aromatic heterocycles. The molecule has 0 fully saturated rings. The summed E-state index contributed by atoms with van der Waals surface area (Å²) in [6, 6.07) is 7.14. The standard InChI is InChI=1S/C18H18N4O3S/c23-18-15-11-21(9-7-16(15)20-17-6-8-19-22(17)18)26(24,25)14-5-4-12-2-1-3-13(12)10-14/h4-6,8,10,19H,1-3,7,9,11H2. The highest BCUT2D eigenvalue weighted by atomic mass is 32.2. The van der Waals surface area contributed by atoms with Crippen LogP contribution in [-0.4, -0.2) is 33.9 Å². The van der Waals surface area contributed by atoms with Gasteiger partial charge in [0.1, 0.15) is 0 Å². The molecule has 1 aromatic carbocycles. The van der Waals surface area contributed by atoms with Crippen molar-refractivity contribution >= 4 is 15.7 Å². The lowest BCUT2D eigenvalue weighted by molar-refractivity contribution is 0.384. The third kappa shape index (κ3) is 2.25. The minimum Gasteiger partial charge on any atom is -0.297 e. The summed E-state index contributed by atoms with van der Waals surface area (Å²) in [6.45, 7) is 0.391. The van der Waals surface area contributed by atoms with E-state index in [4.69, 9.17) is 0 Å². The molecular formula is C18H18N4O3S. The van der Waals surface area contributed by atoms with Crippen molar-refractivity contribution in [3.63, 3.8) is 0 Å². The van der Waals surface area contributed by atoms with E-state index >= 15 is 0 Å². The zero-order valence-electron chi connectivity index (χ0n) is 14.1. The molecule has 5 rings (SSSR count). The van der Waals surface area contributed by atoms with Crippen LogP contribution in [0.3, 0.4) is 0 Å². The van der Waals surface area contributed by atoms with Gasteiger partial charge in [0.2, 0.25) is 10.0 Å². The molecule has 26 heavy (non-hydrogen) atoms. The molecule has 2 aliphatic rings. The summed E-state index contributed by atoms with van der Waals surface area (Å²) in [5, 5.41) is 2.83. The van der Waals surface area contributed by atoms with Crippen LogP contribution in [0.4, 0.5) is 0 Å². The second kappa shape index (κ2) is 5.52. The van der Waals surface area contributed by atoms with E-state index in [2.05, 4.69) is 10.1 Å². The second-order valence-electron chi connectivity index (χ2n) is 6.87. The zero-order chi connectivity index (χ0) is 17.9. The molecule has 1 N–H and O–H groups in total. The predicted molar refractivity (Wildman–Crippen MR) is 95.6 cm³/mol. The molecule has 1 aliphatic heterocycles. The number of hydrogen-bond acceptors (Lipinski definition) is 4. The Morgan fingerprint density at radius 1 is 1.08 bits per heavy atom. The third-order valence-electron chi connectivity index (χ3n) is 5.36. The van der Waals surface area contributed by atoms with E-state index < -0.39 is 10.0 Å². The lowest BCUT2D eigenvalue weighted by atomic mass is 10.1. The number of aromatic nitrogens is 3. The number of aromatic amines is 1. The predicted octanol–water partition coefficient (Wildman–Crippen LogP) is 1.26. The molecule has 0 saturated heterocycles. The van der Waals surface area contributed by atoms with E-state index in [1.807, 2.05) is 6.07 Å². The normalized spacial score (nSPS) is 17.4. The fourth-order valence-corrected chi connectivity index (χ4v) is 5.42. The van der Waals surface area contributed by atoms with Crippen LogP contribution < -0.4 is 5.56 Å². The van der Waals surface area contributed by atoms with Crippen molar-refractivity contribution in [3.05, 3.63) is 63.2 Å². The number of nitrogens with zero attached hydrogens (tertiary/aromatic N) is 3. The van der Waals surface area contributed by atoms with Gasteiger partial charge in [0.05, 0.1) is 16.2 Å². The Balaban J connectivity index is 1.55. The first-order valence-electron chi connectivity index (χ1n) is 8.74. The van der Waals surface area contributed by atoms with Crippen molar-refractivity contribution in [3.8, 4) is 0 Å². The smallest absolute Gasteiger partial charge is 0.277 e. The Morgan fingerprint density at radius 2 is 1.92 bits per heavy atom. The molecular weight excluding hydrogens is 352 g/mol. The van der Waals surface area contributed by atoms with Gasteiger partial charge in [-0.1, -0.05) is 6.07 Å². The molecule has 3 heterocycles. The molecule has 3 aromatic rings. The highest BCUT2D eigenvalue weighted by Crippen LogP contribution is 2.28. The van der Waals surface area contributed by atoms with Crippen LogP contribution in [0.1, 0.15) is 28.8 Å². The van der Waals surface area contributed by atoms with Gasteiger partial charge in [-0.2, -0.15) is 4.31 Å². The van der Waals surface area contributed by atoms with Gasteiger partial charge in [-0.25, -0.2) is 17.9 Å². The van der Waals surface area contributed by atoms with E-state index in [1.54, 1.807) is 24.4 Å². The van der Waals surface area contributed by atoms with Gasteiger partial charge in [-0.15, -0.1) is 0 Å². The van der Waals surface area contributed by atoms with Crippen LogP contribution in [0.15, 0.2) is 40.2 Å². The highest BCUT2D eigenvalue weighted by Gasteiger charge is 2.31. The quantitative estimate of drug-likeness (QED) is 0.736. The average Bonchev–Trinajstić information content (AvgIpc) is 3.30. The number of fused-ring (bicyclic) bond motifs is 3. The Morgan fingerprint density at radius 3 is 2.81 bits per heavy atom. The van der Waals surface area contributed by atoms with Crippen molar-refractivity contribution in [1.29, 1.82) is 0 Å². The highest BCUT2D eigenvalue weighted by molar-refractivity contribution is 7.89. The summed E-state index contributed by atoms with van der Waals surface area (Å²) in [5.74, 6) is 0. The molecule has 0 atom stereocenters. The van der Waals surface area contributed by atoms with Crippen molar-refractivity contribution < 1.29 is 8.42 Å². The first kappa shape index (κ1) is 15.8.